The number of hydrogen-bond acceptors (Lipinski definition) is 5. The molecule has 0 saturated carbocycles. The van der Waals surface area contributed by atoms with E-state index in [1.807, 2.05) is 36.4 Å². The highest BCUT2D eigenvalue weighted by molar-refractivity contribution is 5.72. The van der Waals surface area contributed by atoms with Crippen molar-refractivity contribution < 1.29 is 14.3 Å². The second-order valence-corrected chi connectivity index (χ2v) is 12.7. The van der Waals surface area contributed by atoms with Crippen LogP contribution in [0.15, 0.2) is 58.8 Å². The Labute approximate surface area is 276 Å². The van der Waals surface area contributed by atoms with Gasteiger partial charge in [0.05, 0.1) is 18.0 Å². The lowest BCUT2D eigenvalue weighted by Crippen LogP contribution is -2.07. The number of carbonyl (C=O) groups excluding carboxylic acids is 1. The Balaban J connectivity index is 1.47. The summed E-state index contributed by atoms with van der Waals surface area (Å²) in [6.45, 7) is 5.29. The van der Waals surface area contributed by atoms with Crippen LogP contribution in [0.4, 0.5) is 11.4 Å². The zero-order valence-electron chi connectivity index (χ0n) is 28.9. The van der Waals surface area contributed by atoms with Gasteiger partial charge in [0.2, 0.25) is 0 Å². The minimum absolute atomic E-state index is 0.163. The molecular weight excluding hydrogens is 556 g/mol. The van der Waals surface area contributed by atoms with Gasteiger partial charge in [0.25, 0.3) is 0 Å². The van der Waals surface area contributed by atoms with Crippen LogP contribution in [0.1, 0.15) is 168 Å². The number of hydrogen-bond donors (Lipinski definition) is 0. The van der Waals surface area contributed by atoms with Crippen LogP contribution in [0.3, 0.4) is 0 Å². The van der Waals surface area contributed by atoms with Gasteiger partial charge in [-0.05, 0) is 61.4 Å². The number of benzene rings is 2. The molecule has 252 valence electrons. The molecule has 2 aromatic rings. The number of ether oxygens (including phenoxy) is 2. The molecule has 0 N–H and O–H groups in total. The lowest BCUT2D eigenvalue weighted by Gasteiger charge is -2.06. The van der Waals surface area contributed by atoms with Gasteiger partial charge in [0.15, 0.2) is 0 Å². The second kappa shape index (κ2) is 27.6. The number of nitrogens with zero attached hydrogens (tertiary/aromatic N) is 2. The molecular formula is C40H64N2O3. The smallest absolute Gasteiger partial charge is 0.311 e. The monoisotopic (exact) mass is 620 g/mol. The summed E-state index contributed by atoms with van der Waals surface area (Å²) in [5.74, 6) is 1.26. The maximum absolute atomic E-state index is 12.3. The van der Waals surface area contributed by atoms with Crippen molar-refractivity contribution in [3.05, 3.63) is 48.5 Å². The molecule has 0 aliphatic heterocycles. The average Bonchev–Trinajstić information content (AvgIpc) is 3.06. The van der Waals surface area contributed by atoms with E-state index in [2.05, 4.69) is 24.1 Å². The van der Waals surface area contributed by atoms with E-state index in [0.29, 0.717) is 17.9 Å². The van der Waals surface area contributed by atoms with Crippen molar-refractivity contribution in [1.82, 2.24) is 0 Å². The van der Waals surface area contributed by atoms with Gasteiger partial charge in [-0.2, -0.15) is 10.2 Å². The summed E-state index contributed by atoms with van der Waals surface area (Å²) in [6.07, 6.45) is 30.6. The van der Waals surface area contributed by atoms with Gasteiger partial charge in [-0.1, -0.05) is 149 Å². The Morgan fingerprint density at radius 2 is 0.822 bits per heavy atom. The van der Waals surface area contributed by atoms with Crippen LogP contribution < -0.4 is 9.47 Å². The third-order valence-corrected chi connectivity index (χ3v) is 8.44. The number of esters is 1. The fourth-order valence-electron chi connectivity index (χ4n) is 5.55. The molecule has 45 heavy (non-hydrogen) atoms. The lowest BCUT2D eigenvalue weighted by molar-refractivity contribution is -0.134. The molecule has 0 spiro atoms. The van der Waals surface area contributed by atoms with Gasteiger partial charge in [0.1, 0.15) is 11.5 Å². The summed E-state index contributed by atoms with van der Waals surface area (Å²) < 4.78 is 11.4. The molecule has 5 heteroatoms. The van der Waals surface area contributed by atoms with Crippen molar-refractivity contribution in [2.75, 3.05) is 6.61 Å². The maximum Gasteiger partial charge on any atom is 0.311 e. The summed E-state index contributed by atoms with van der Waals surface area (Å²) in [7, 11) is 0. The fraction of sp³-hybridized carbons (Fsp3) is 0.675. The van der Waals surface area contributed by atoms with Crippen LogP contribution in [-0.2, 0) is 4.79 Å². The van der Waals surface area contributed by atoms with Crippen molar-refractivity contribution in [2.24, 2.45) is 10.2 Å². The Hall–Kier alpha value is -2.69. The molecule has 0 saturated heterocycles. The Morgan fingerprint density at radius 1 is 0.467 bits per heavy atom. The Kier molecular flexibility index (Phi) is 23.6. The first kappa shape index (κ1) is 38.5. The molecule has 0 unspecified atom stereocenters. The van der Waals surface area contributed by atoms with Crippen molar-refractivity contribution in [3.8, 4) is 11.5 Å². The van der Waals surface area contributed by atoms with Crippen molar-refractivity contribution in [2.45, 2.75) is 168 Å². The minimum Gasteiger partial charge on any atom is -0.494 e. The van der Waals surface area contributed by atoms with E-state index in [9.17, 15) is 4.79 Å². The summed E-state index contributed by atoms with van der Waals surface area (Å²) in [4.78, 5) is 12.3. The van der Waals surface area contributed by atoms with Gasteiger partial charge in [-0.3, -0.25) is 4.79 Å². The summed E-state index contributed by atoms with van der Waals surface area (Å²) in [6, 6.07) is 14.9. The van der Waals surface area contributed by atoms with E-state index >= 15 is 0 Å². The molecule has 0 radical (unpaired) electrons. The van der Waals surface area contributed by atoms with Crippen LogP contribution in [0.5, 0.6) is 11.5 Å². The van der Waals surface area contributed by atoms with Gasteiger partial charge < -0.3 is 9.47 Å². The molecule has 0 bridgehead atoms. The van der Waals surface area contributed by atoms with Crippen LogP contribution >= 0.6 is 0 Å². The summed E-state index contributed by atoms with van der Waals surface area (Å²) in [5, 5.41) is 8.63. The van der Waals surface area contributed by atoms with Crippen LogP contribution in [0.25, 0.3) is 0 Å². The van der Waals surface area contributed by atoms with Gasteiger partial charge in [-0.25, -0.2) is 0 Å². The van der Waals surface area contributed by atoms with E-state index < -0.39 is 0 Å². The summed E-state index contributed by atoms with van der Waals surface area (Å²) in [5.41, 5.74) is 1.49. The van der Waals surface area contributed by atoms with Gasteiger partial charge in [-0.15, -0.1) is 0 Å². The largest absolute Gasteiger partial charge is 0.494 e. The van der Waals surface area contributed by atoms with E-state index in [1.54, 1.807) is 12.1 Å². The normalized spacial score (nSPS) is 11.3. The van der Waals surface area contributed by atoms with Crippen LogP contribution in [0, 0.1) is 0 Å². The molecule has 2 aromatic carbocycles. The quantitative estimate of drug-likeness (QED) is 0.0393. The molecule has 5 nitrogen and oxygen atoms in total. The van der Waals surface area contributed by atoms with Crippen molar-refractivity contribution in [1.29, 1.82) is 0 Å². The third-order valence-electron chi connectivity index (χ3n) is 8.44. The molecule has 0 aromatic heterocycles. The van der Waals surface area contributed by atoms with E-state index in [1.165, 1.54) is 128 Å². The highest BCUT2D eigenvalue weighted by atomic mass is 16.5. The first-order chi connectivity index (χ1) is 22.2. The Bertz CT molecular complexity index is 988. The van der Waals surface area contributed by atoms with Crippen LogP contribution in [0.2, 0.25) is 0 Å². The predicted molar refractivity (Wildman–Crippen MR) is 190 cm³/mol. The zero-order valence-corrected chi connectivity index (χ0v) is 28.9. The predicted octanol–water partition coefficient (Wildman–Crippen LogP) is 13.8. The standard InChI is InChI=1S/C40H64N2O3/c1-3-5-7-9-11-12-13-14-15-16-17-18-19-20-22-24-26-40(43)45-39-33-29-37(30-34-39)42-41-36-27-31-38(32-28-36)44-35-25-23-21-10-8-6-4-2/h27-34H,3-26,35H2,1-2H3. The first-order valence-corrected chi connectivity index (χ1v) is 18.7. The molecule has 0 atom stereocenters. The average molecular weight is 621 g/mol. The fourth-order valence-corrected chi connectivity index (χ4v) is 5.55. The molecule has 0 aliphatic rings. The molecule has 0 heterocycles. The van der Waals surface area contributed by atoms with Gasteiger partial charge in [0, 0.05) is 6.42 Å². The molecule has 2 rings (SSSR count). The third kappa shape index (κ3) is 21.6. The number of carbonyl (C=O) groups is 1. The van der Waals surface area contributed by atoms with Crippen molar-refractivity contribution in [3.63, 3.8) is 0 Å². The topological polar surface area (TPSA) is 60.2 Å². The minimum atomic E-state index is -0.163. The maximum atomic E-state index is 12.3. The Morgan fingerprint density at radius 3 is 1.24 bits per heavy atom. The summed E-state index contributed by atoms with van der Waals surface area (Å²) >= 11 is 0. The first-order valence-electron chi connectivity index (χ1n) is 18.7. The lowest BCUT2D eigenvalue weighted by atomic mass is 10.0. The van der Waals surface area contributed by atoms with E-state index in [4.69, 9.17) is 9.47 Å². The molecule has 0 aliphatic carbocycles. The van der Waals surface area contributed by atoms with Crippen molar-refractivity contribution >= 4 is 17.3 Å². The highest BCUT2D eigenvalue weighted by Crippen LogP contribution is 2.24. The van der Waals surface area contributed by atoms with Crippen LogP contribution in [-0.4, -0.2) is 12.6 Å². The second-order valence-electron chi connectivity index (χ2n) is 12.7. The van der Waals surface area contributed by atoms with E-state index in [0.717, 1.165) is 37.3 Å². The number of unbranched alkanes of at least 4 members (excludes halogenated alkanes) is 21. The van der Waals surface area contributed by atoms with Gasteiger partial charge >= 0.3 is 5.97 Å². The number of azo groups is 1. The number of rotatable bonds is 29. The van der Waals surface area contributed by atoms with E-state index in [-0.39, 0.29) is 5.97 Å². The molecule has 0 amide bonds. The zero-order chi connectivity index (χ0) is 32.0. The molecule has 0 fully saturated rings. The highest BCUT2D eigenvalue weighted by Gasteiger charge is 2.05. The SMILES string of the molecule is CCCCCCCCCCCCCCCCCCC(=O)Oc1ccc(N=Nc2ccc(OCCCCCCCCC)cc2)cc1.